The quantitative estimate of drug-likeness (QED) is 0.0664. The second kappa shape index (κ2) is 17.6. The SMILES string of the molecule is CC(CCc1ccc(-c2ccc(OCCCCOc3ccc(-c4ccc(CCC(C)OCC5CO5)cc4)cc3)cc2)cc1)OCC1CO1. The van der Waals surface area contributed by atoms with Crippen LogP contribution in [0.4, 0.5) is 0 Å². The number of hydrogen-bond donors (Lipinski definition) is 0. The number of aryl methyl sites for hydroxylation is 2. The van der Waals surface area contributed by atoms with Gasteiger partial charge in [0.05, 0.1) is 51.8 Å². The molecule has 4 atom stereocenters. The second-order valence-electron chi connectivity index (χ2n) is 13.1. The lowest BCUT2D eigenvalue weighted by molar-refractivity contribution is 0.0494. The van der Waals surface area contributed by atoms with E-state index in [1.54, 1.807) is 0 Å². The molecule has 6 nitrogen and oxygen atoms in total. The van der Waals surface area contributed by atoms with Gasteiger partial charge in [-0.2, -0.15) is 0 Å². The fraction of sp³-hybridized carbons (Fsp3) is 0.429. The Bertz CT molecular complexity index is 1380. The van der Waals surface area contributed by atoms with E-state index in [9.17, 15) is 0 Å². The van der Waals surface area contributed by atoms with Crippen molar-refractivity contribution in [2.75, 3.05) is 39.6 Å². The molecule has 4 aromatic carbocycles. The summed E-state index contributed by atoms with van der Waals surface area (Å²) in [5.74, 6) is 1.79. The van der Waals surface area contributed by atoms with Crippen LogP contribution in [0.5, 0.6) is 11.5 Å². The molecule has 0 amide bonds. The van der Waals surface area contributed by atoms with Crippen LogP contribution in [0.15, 0.2) is 97.1 Å². The number of benzene rings is 4. The lowest BCUT2D eigenvalue weighted by atomic mass is 10.0. The summed E-state index contributed by atoms with van der Waals surface area (Å²) in [6.07, 6.45) is 7.09. The molecule has 0 N–H and O–H groups in total. The Morgan fingerprint density at radius 2 is 0.854 bits per heavy atom. The van der Waals surface area contributed by atoms with Crippen molar-refractivity contribution in [3.8, 4) is 33.8 Å². The Morgan fingerprint density at radius 1 is 0.521 bits per heavy atom. The average Bonchev–Trinajstić information content (AvgIpc) is 4.07. The van der Waals surface area contributed by atoms with Crippen molar-refractivity contribution in [2.24, 2.45) is 0 Å². The Morgan fingerprint density at radius 3 is 1.19 bits per heavy atom. The summed E-state index contributed by atoms with van der Waals surface area (Å²) in [5, 5.41) is 0. The molecule has 4 aromatic rings. The molecule has 2 aliphatic rings. The number of rotatable bonds is 21. The Balaban J connectivity index is 0.835. The van der Waals surface area contributed by atoms with Gasteiger partial charge < -0.3 is 28.4 Å². The van der Waals surface area contributed by atoms with Crippen molar-refractivity contribution < 1.29 is 28.4 Å². The molecule has 0 saturated carbocycles. The van der Waals surface area contributed by atoms with Gasteiger partial charge in [-0.15, -0.1) is 0 Å². The summed E-state index contributed by atoms with van der Waals surface area (Å²) in [5.41, 5.74) is 7.48. The molecule has 254 valence electrons. The topological polar surface area (TPSA) is 62.0 Å². The van der Waals surface area contributed by atoms with Gasteiger partial charge in [0.1, 0.15) is 23.7 Å². The lowest BCUT2D eigenvalue weighted by Gasteiger charge is -2.12. The molecule has 0 aromatic heterocycles. The largest absolute Gasteiger partial charge is 0.494 e. The highest BCUT2D eigenvalue weighted by Gasteiger charge is 2.24. The first kappa shape index (κ1) is 34.2. The van der Waals surface area contributed by atoms with E-state index >= 15 is 0 Å². The van der Waals surface area contributed by atoms with Crippen molar-refractivity contribution in [3.63, 3.8) is 0 Å². The Kier molecular flexibility index (Phi) is 12.6. The second-order valence-corrected chi connectivity index (χ2v) is 13.1. The van der Waals surface area contributed by atoms with Crippen LogP contribution in [0.2, 0.25) is 0 Å². The summed E-state index contributed by atoms with van der Waals surface area (Å²) in [6, 6.07) is 34.4. The number of unbranched alkanes of at least 4 members (excludes halogenated alkanes) is 1. The van der Waals surface area contributed by atoms with Gasteiger partial charge in [-0.3, -0.25) is 0 Å². The third-order valence-electron chi connectivity index (χ3n) is 8.98. The molecule has 2 fully saturated rings. The van der Waals surface area contributed by atoms with E-state index in [1.165, 1.54) is 33.4 Å². The molecular formula is C42H50O6. The minimum atomic E-state index is 0.250. The maximum atomic E-state index is 6.00. The molecule has 0 aliphatic carbocycles. The third-order valence-corrected chi connectivity index (χ3v) is 8.98. The van der Waals surface area contributed by atoms with E-state index in [0.29, 0.717) is 25.4 Å². The summed E-state index contributed by atoms with van der Waals surface area (Å²) in [4.78, 5) is 0. The minimum Gasteiger partial charge on any atom is -0.494 e. The van der Waals surface area contributed by atoms with Gasteiger partial charge >= 0.3 is 0 Å². The molecule has 6 heteroatoms. The molecule has 2 saturated heterocycles. The number of hydrogen-bond acceptors (Lipinski definition) is 6. The number of ether oxygens (including phenoxy) is 6. The lowest BCUT2D eigenvalue weighted by Crippen LogP contribution is -2.13. The predicted octanol–water partition coefficient (Wildman–Crippen LogP) is 8.73. The van der Waals surface area contributed by atoms with Crippen LogP contribution >= 0.6 is 0 Å². The molecule has 4 unspecified atom stereocenters. The van der Waals surface area contributed by atoms with Crippen LogP contribution < -0.4 is 9.47 Å². The van der Waals surface area contributed by atoms with Crippen LogP contribution in [-0.4, -0.2) is 64.1 Å². The Hall–Kier alpha value is -3.68. The van der Waals surface area contributed by atoms with E-state index in [4.69, 9.17) is 28.4 Å². The summed E-state index contributed by atoms with van der Waals surface area (Å²) >= 11 is 0. The van der Waals surface area contributed by atoms with E-state index < -0.39 is 0 Å². The summed E-state index contributed by atoms with van der Waals surface area (Å²) in [7, 11) is 0. The minimum absolute atomic E-state index is 0.250. The van der Waals surface area contributed by atoms with Gasteiger partial charge in [0, 0.05) is 0 Å². The van der Waals surface area contributed by atoms with Gasteiger partial charge in [0.2, 0.25) is 0 Å². The van der Waals surface area contributed by atoms with Crippen molar-refractivity contribution in [3.05, 3.63) is 108 Å². The Labute approximate surface area is 286 Å². The highest BCUT2D eigenvalue weighted by molar-refractivity contribution is 5.65. The normalized spacial score (nSPS) is 17.9. The van der Waals surface area contributed by atoms with Gasteiger partial charge in [0.25, 0.3) is 0 Å². The van der Waals surface area contributed by atoms with Crippen LogP contribution in [0.25, 0.3) is 22.3 Å². The zero-order chi connectivity index (χ0) is 33.0. The van der Waals surface area contributed by atoms with Crippen LogP contribution in [-0.2, 0) is 31.8 Å². The molecule has 6 rings (SSSR count). The zero-order valence-corrected chi connectivity index (χ0v) is 28.5. The molecule has 0 radical (unpaired) electrons. The van der Waals surface area contributed by atoms with Crippen LogP contribution in [0, 0.1) is 0 Å². The van der Waals surface area contributed by atoms with Crippen LogP contribution in [0.1, 0.15) is 50.7 Å². The predicted molar refractivity (Wildman–Crippen MR) is 191 cm³/mol. The third kappa shape index (κ3) is 11.5. The number of epoxide rings is 2. The van der Waals surface area contributed by atoms with Gasteiger partial charge in [-0.05, 0) is 110 Å². The van der Waals surface area contributed by atoms with E-state index in [0.717, 1.165) is 76.5 Å². The maximum Gasteiger partial charge on any atom is 0.119 e. The van der Waals surface area contributed by atoms with E-state index in [2.05, 4.69) is 111 Å². The first-order chi connectivity index (χ1) is 23.6. The van der Waals surface area contributed by atoms with Crippen LogP contribution in [0.3, 0.4) is 0 Å². The molecule has 2 aliphatic heterocycles. The monoisotopic (exact) mass is 650 g/mol. The zero-order valence-electron chi connectivity index (χ0n) is 28.5. The van der Waals surface area contributed by atoms with E-state index in [1.807, 2.05) is 0 Å². The van der Waals surface area contributed by atoms with Gasteiger partial charge in [0.15, 0.2) is 0 Å². The highest BCUT2D eigenvalue weighted by atomic mass is 16.6. The molecular weight excluding hydrogens is 600 g/mol. The molecule has 0 spiro atoms. The maximum absolute atomic E-state index is 6.00. The highest BCUT2D eigenvalue weighted by Crippen LogP contribution is 2.25. The standard InChI is InChI=1S/C42H50O6/c1-31(45-27-41-29-47-41)5-7-33-9-13-35(14-10-33)37-17-21-39(22-18-37)43-25-3-4-26-44-40-23-19-38(20-24-40)36-15-11-34(12-16-36)8-6-32(2)46-28-42-30-48-42/h9-24,31-32,41-42H,3-8,25-30H2,1-2H3. The average molecular weight is 651 g/mol. The molecule has 2 heterocycles. The van der Waals surface area contributed by atoms with E-state index in [-0.39, 0.29) is 12.2 Å². The van der Waals surface area contributed by atoms with Crippen molar-refractivity contribution >= 4 is 0 Å². The molecule has 48 heavy (non-hydrogen) atoms. The summed E-state index contributed by atoms with van der Waals surface area (Å²) in [6.45, 7) is 8.75. The van der Waals surface area contributed by atoms with Crippen molar-refractivity contribution in [1.29, 1.82) is 0 Å². The first-order valence-corrected chi connectivity index (χ1v) is 17.7. The summed E-state index contributed by atoms with van der Waals surface area (Å²) < 4.78 is 34.1. The fourth-order valence-electron chi connectivity index (χ4n) is 5.58. The molecule has 0 bridgehead atoms. The van der Waals surface area contributed by atoms with Gasteiger partial charge in [-0.25, -0.2) is 0 Å². The van der Waals surface area contributed by atoms with Crippen molar-refractivity contribution in [2.45, 2.75) is 76.8 Å². The first-order valence-electron chi connectivity index (χ1n) is 17.7. The smallest absolute Gasteiger partial charge is 0.119 e. The van der Waals surface area contributed by atoms with Gasteiger partial charge in [-0.1, -0.05) is 72.8 Å². The van der Waals surface area contributed by atoms with Crippen molar-refractivity contribution in [1.82, 2.24) is 0 Å². The fourth-order valence-corrected chi connectivity index (χ4v) is 5.58.